The van der Waals surface area contributed by atoms with Gasteiger partial charge < -0.3 is 16.0 Å². The van der Waals surface area contributed by atoms with Crippen LogP contribution in [0.4, 0.5) is 11.4 Å². The van der Waals surface area contributed by atoms with Crippen LogP contribution in [0.25, 0.3) is 11.4 Å². The number of nitrogens with zero attached hydrogens (tertiary/aromatic N) is 4. The topological polar surface area (TPSA) is 114 Å². The number of hydrogen-bond donors (Lipinski definition) is 3. The van der Waals surface area contributed by atoms with E-state index in [1.165, 1.54) is 0 Å². The van der Waals surface area contributed by atoms with Gasteiger partial charge in [0.15, 0.2) is 0 Å². The lowest BCUT2D eigenvalue weighted by atomic mass is 10.1. The van der Waals surface area contributed by atoms with E-state index in [2.05, 4.69) is 31.4 Å². The maximum absolute atomic E-state index is 12.4. The van der Waals surface area contributed by atoms with Crippen LogP contribution in [0.2, 0.25) is 0 Å². The van der Waals surface area contributed by atoms with Gasteiger partial charge in [-0.25, -0.2) is 0 Å². The number of carbonyl (C=O) groups excluding carboxylic acids is 2. The lowest BCUT2D eigenvalue weighted by molar-refractivity contribution is -0.114. The molecule has 0 bridgehead atoms. The van der Waals surface area contributed by atoms with Crippen LogP contribution in [0, 0.1) is 0 Å². The third-order valence-corrected chi connectivity index (χ3v) is 5.81. The summed E-state index contributed by atoms with van der Waals surface area (Å²) in [5.41, 5.74) is 4.05. The first kappa shape index (κ1) is 23.2. The average Bonchev–Trinajstić information content (AvgIpc) is 3.60. The second-order valence-electron chi connectivity index (χ2n) is 8.75. The molecule has 9 nitrogen and oxygen atoms in total. The number of hydrogen-bond acceptors (Lipinski definition) is 6. The van der Waals surface area contributed by atoms with Crippen LogP contribution >= 0.6 is 0 Å². The smallest absolute Gasteiger partial charge is 0.251 e. The highest BCUT2D eigenvalue weighted by atomic mass is 16.2. The van der Waals surface area contributed by atoms with E-state index < -0.39 is 0 Å². The Kier molecular flexibility index (Phi) is 6.98. The van der Waals surface area contributed by atoms with E-state index in [-0.39, 0.29) is 24.4 Å². The highest BCUT2D eigenvalue weighted by Crippen LogP contribution is 2.20. The van der Waals surface area contributed by atoms with Crippen LogP contribution in [0.3, 0.4) is 0 Å². The van der Waals surface area contributed by atoms with E-state index in [9.17, 15) is 9.59 Å². The lowest BCUT2D eigenvalue weighted by Crippen LogP contribution is -2.26. The minimum atomic E-state index is -0.190. The Morgan fingerprint density at radius 2 is 1.72 bits per heavy atom. The first-order chi connectivity index (χ1) is 17.6. The number of benzene rings is 3. The molecule has 182 valence electrons. The number of tetrazole rings is 1. The van der Waals surface area contributed by atoms with Crippen molar-refractivity contribution in [3.05, 3.63) is 90.0 Å². The van der Waals surface area contributed by atoms with Crippen LogP contribution < -0.4 is 16.0 Å². The highest BCUT2D eigenvalue weighted by Gasteiger charge is 2.23. The van der Waals surface area contributed by atoms with Gasteiger partial charge in [0.05, 0.1) is 13.1 Å². The maximum atomic E-state index is 12.4. The molecule has 0 radical (unpaired) electrons. The predicted octanol–water partition coefficient (Wildman–Crippen LogP) is 3.53. The molecule has 36 heavy (non-hydrogen) atoms. The molecule has 1 aliphatic rings. The standard InChI is InChI=1S/C27H27N7O2/c35-25(29-24-8-4-7-21(17-24)27(36)30-23-13-14-23)18-28-22-11-9-19(10-12-22)15-16-34-32-26(31-33-34)20-5-2-1-3-6-20/h1-12,17,23,28H,13-16,18H2,(H,29,35)(H,30,36). The van der Waals surface area contributed by atoms with Crippen molar-refractivity contribution in [3.63, 3.8) is 0 Å². The van der Waals surface area contributed by atoms with E-state index in [0.29, 0.717) is 23.6 Å². The molecule has 1 fully saturated rings. The number of aromatic nitrogens is 4. The predicted molar refractivity (Wildman–Crippen MR) is 137 cm³/mol. The molecule has 0 saturated heterocycles. The Hall–Kier alpha value is -4.53. The third-order valence-electron chi connectivity index (χ3n) is 5.81. The van der Waals surface area contributed by atoms with Gasteiger partial charge >= 0.3 is 0 Å². The normalized spacial score (nSPS) is 12.7. The molecule has 3 aromatic carbocycles. The van der Waals surface area contributed by atoms with Crippen molar-refractivity contribution in [2.24, 2.45) is 0 Å². The zero-order chi connectivity index (χ0) is 24.7. The van der Waals surface area contributed by atoms with Gasteiger partial charge in [-0.2, -0.15) is 4.80 Å². The molecule has 3 N–H and O–H groups in total. The molecular weight excluding hydrogens is 454 g/mol. The van der Waals surface area contributed by atoms with Gasteiger partial charge in [-0.05, 0) is 60.4 Å². The Morgan fingerprint density at radius 3 is 2.50 bits per heavy atom. The van der Waals surface area contributed by atoms with Gasteiger partial charge in [-0.3, -0.25) is 9.59 Å². The summed E-state index contributed by atoms with van der Waals surface area (Å²) in [6, 6.07) is 24.9. The zero-order valence-corrected chi connectivity index (χ0v) is 19.7. The van der Waals surface area contributed by atoms with Gasteiger partial charge in [0.1, 0.15) is 0 Å². The first-order valence-corrected chi connectivity index (χ1v) is 12.0. The quantitative estimate of drug-likeness (QED) is 0.319. The monoisotopic (exact) mass is 481 g/mol. The number of nitrogens with one attached hydrogen (secondary N) is 3. The minimum absolute atomic E-state index is 0.108. The third kappa shape index (κ3) is 6.32. The Bertz CT molecular complexity index is 1330. The molecule has 1 saturated carbocycles. The largest absolute Gasteiger partial charge is 0.376 e. The van der Waals surface area contributed by atoms with Crippen LogP contribution in [0.5, 0.6) is 0 Å². The van der Waals surface area contributed by atoms with E-state index in [4.69, 9.17) is 0 Å². The van der Waals surface area contributed by atoms with Crippen LogP contribution in [-0.4, -0.2) is 44.6 Å². The fourth-order valence-corrected chi connectivity index (χ4v) is 3.68. The minimum Gasteiger partial charge on any atom is -0.376 e. The second kappa shape index (κ2) is 10.8. The SMILES string of the molecule is O=C(CNc1ccc(CCn2nnc(-c3ccccc3)n2)cc1)Nc1cccc(C(=O)NC2CC2)c1. The molecule has 4 aromatic rings. The fraction of sp³-hybridized carbons (Fsp3) is 0.222. The summed E-state index contributed by atoms with van der Waals surface area (Å²) < 4.78 is 0. The molecule has 1 heterocycles. The van der Waals surface area contributed by atoms with E-state index in [0.717, 1.165) is 36.1 Å². The van der Waals surface area contributed by atoms with E-state index in [1.807, 2.05) is 54.6 Å². The summed E-state index contributed by atoms with van der Waals surface area (Å²) in [5.74, 6) is 0.315. The fourth-order valence-electron chi connectivity index (χ4n) is 3.68. The summed E-state index contributed by atoms with van der Waals surface area (Å²) in [5, 5.41) is 21.6. The summed E-state index contributed by atoms with van der Waals surface area (Å²) in [7, 11) is 0. The van der Waals surface area contributed by atoms with Crippen molar-refractivity contribution >= 4 is 23.2 Å². The number of anilines is 2. The molecule has 5 rings (SSSR count). The van der Waals surface area contributed by atoms with Crippen molar-refractivity contribution < 1.29 is 9.59 Å². The van der Waals surface area contributed by atoms with Gasteiger partial charge in [0, 0.05) is 28.5 Å². The summed E-state index contributed by atoms with van der Waals surface area (Å²) in [6.45, 7) is 0.732. The molecule has 1 aliphatic carbocycles. The van der Waals surface area contributed by atoms with Gasteiger partial charge in [0.25, 0.3) is 5.91 Å². The first-order valence-electron chi connectivity index (χ1n) is 12.0. The van der Waals surface area contributed by atoms with Crippen LogP contribution in [-0.2, 0) is 17.8 Å². The molecular formula is C27H27N7O2. The molecule has 2 amide bonds. The molecule has 0 atom stereocenters. The number of carbonyl (C=O) groups is 2. The van der Waals surface area contributed by atoms with Crippen molar-refractivity contribution in [2.75, 3.05) is 17.2 Å². The van der Waals surface area contributed by atoms with Crippen molar-refractivity contribution in [1.82, 2.24) is 25.5 Å². The van der Waals surface area contributed by atoms with E-state index in [1.54, 1.807) is 29.1 Å². The Balaban J connectivity index is 1.07. The Morgan fingerprint density at radius 1 is 0.917 bits per heavy atom. The van der Waals surface area contributed by atoms with Gasteiger partial charge in [-0.1, -0.05) is 48.5 Å². The molecule has 0 aliphatic heterocycles. The number of rotatable bonds is 10. The number of amides is 2. The summed E-state index contributed by atoms with van der Waals surface area (Å²) >= 11 is 0. The molecule has 9 heteroatoms. The molecule has 0 unspecified atom stereocenters. The average molecular weight is 482 g/mol. The van der Waals surface area contributed by atoms with Gasteiger partial charge in [-0.15, -0.1) is 10.2 Å². The molecule has 1 aromatic heterocycles. The van der Waals surface area contributed by atoms with Crippen molar-refractivity contribution in [2.45, 2.75) is 31.8 Å². The number of aryl methyl sites for hydroxylation is 2. The highest BCUT2D eigenvalue weighted by molar-refractivity contribution is 5.98. The van der Waals surface area contributed by atoms with Crippen molar-refractivity contribution in [3.8, 4) is 11.4 Å². The second-order valence-corrected chi connectivity index (χ2v) is 8.75. The van der Waals surface area contributed by atoms with Crippen LogP contribution in [0.15, 0.2) is 78.9 Å². The summed E-state index contributed by atoms with van der Waals surface area (Å²) in [6.07, 6.45) is 2.82. The van der Waals surface area contributed by atoms with Crippen molar-refractivity contribution in [1.29, 1.82) is 0 Å². The van der Waals surface area contributed by atoms with Gasteiger partial charge in [0.2, 0.25) is 11.7 Å². The summed E-state index contributed by atoms with van der Waals surface area (Å²) in [4.78, 5) is 26.2. The van der Waals surface area contributed by atoms with E-state index >= 15 is 0 Å². The zero-order valence-electron chi connectivity index (χ0n) is 19.7. The molecule has 0 spiro atoms. The lowest BCUT2D eigenvalue weighted by Gasteiger charge is -2.10. The Labute approximate surface area is 208 Å². The van der Waals surface area contributed by atoms with Crippen LogP contribution in [0.1, 0.15) is 28.8 Å². The maximum Gasteiger partial charge on any atom is 0.251 e.